The molecule has 0 aromatic carbocycles. The highest BCUT2D eigenvalue weighted by atomic mass is 32.2. The monoisotopic (exact) mass is 360 g/mol. The molecule has 0 bridgehead atoms. The van der Waals surface area contributed by atoms with E-state index in [4.69, 9.17) is 0 Å². The molecule has 1 aliphatic heterocycles. The van der Waals surface area contributed by atoms with Gasteiger partial charge >= 0.3 is 0 Å². The number of rotatable bonds is 3. The van der Waals surface area contributed by atoms with Gasteiger partial charge in [0.15, 0.2) is 5.16 Å². The van der Waals surface area contributed by atoms with Crippen molar-refractivity contribution >= 4 is 22.7 Å². The molecule has 4 rings (SSSR count). The first kappa shape index (κ1) is 17.0. The third-order valence-electron chi connectivity index (χ3n) is 6.04. The largest absolute Gasteiger partial charge is 0.387 e. The summed E-state index contributed by atoms with van der Waals surface area (Å²) in [7, 11) is 0. The maximum atomic E-state index is 12.9. The van der Waals surface area contributed by atoms with E-state index in [0.717, 1.165) is 38.8 Å². The number of aliphatic hydroxyl groups is 1. The fraction of sp³-hybridized carbons (Fsp3) is 0.611. The lowest BCUT2D eigenvalue weighted by molar-refractivity contribution is -0.115. The molecule has 2 N–H and O–H groups in total. The number of thioether (sulfide) groups is 1. The second kappa shape index (κ2) is 6.37. The summed E-state index contributed by atoms with van der Waals surface area (Å²) in [4.78, 5) is 21.5. The van der Waals surface area contributed by atoms with E-state index in [0.29, 0.717) is 29.0 Å². The van der Waals surface area contributed by atoms with E-state index in [2.05, 4.69) is 15.3 Å². The van der Waals surface area contributed by atoms with Crippen molar-refractivity contribution in [2.24, 2.45) is 5.41 Å². The Kier molecular flexibility index (Phi) is 4.33. The minimum Gasteiger partial charge on any atom is -0.387 e. The van der Waals surface area contributed by atoms with Crippen LogP contribution >= 0.6 is 11.8 Å². The molecule has 2 fully saturated rings. The van der Waals surface area contributed by atoms with Crippen LogP contribution in [0.2, 0.25) is 0 Å². The highest BCUT2D eigenvalue weighted by Crippen LogP contribution is 2.49. The molecule has 1 saturated heterocycles. The Morgan fingerprint density at radius 2 is 2.16 bits per heavy atom. The number of aromatic nitrogens is 3. The van der Waals surface area contributed by atoms with Gasteiger partial charge in [0.1, 0.15) is 0 Å². The van der Waals surface area contributed by atoms with Crippen molar-refractivity contribution in [3.8, 4) is 0 Å². The molecule has 1 saturated carbocycles. The predicted molar refractivity (Wildman–Crippen MR) is 98.9 cm³/mol. The fourth-order valence-corrected chi connectivity index (χ4v) is 4.90. The average Bonchev–Trinajstić information content (AvgIpc) is 3.10. The lowest BCUT2D eigenvalue weighted by Crippen LogP contribution is -2.60. The molecule has 1 atom stereocenters. The van der Waals surface area contributed by atoms with Crippen LogP contribution in [0.25, 0.3) is 10.9 Å². The van der Waals surface area contributed by atoms with Crippen molar-refractivity contribution in [1.29, 1.82) is 0 Å². The van der Waals surface area contributed by atoms with E-state index in [1.807, 2.05) is 12.3 Å². The summed E-state index contributed by atoms with van der Waals surface area (Å²) in [5.41, 5.74) is -0.413. The van der Waals surface area contributed by atoms with Gasteiger partial charge in [0.25, 0.3) is 5.56 Å². The summed E-state index contributed by atoms with van der Waals surface area (Å²) >= 11 is 1.46. The quantitative estimate of drug-likeness (QED) is 0.642. The van der Waals surface area contributed by atoms with Gasteiger partial charge in [-0.1, -0.05) is 24.6 Å². The lowest BCUT2D eigenvalue weighted by Gasteiger charge is -2.49. The third-order valence-corrected chi connectivity index (χ3v) is 6.60. The number of nitrogens with zero attached hydrogens (tertiary/aromatic N) is 3. The van der Waals surface area contributed by atoms with Crippen molar-refractivity contribution in [3.63, 3.8) is 0 Å². The van der Waals surface area contributed by atoms with Gasteiger partial charge in [0.05, 0.1) is 23.0 Å². The van der Waals surface area contributed by atoms with Gasteiger partial charge in [-0.2, -0.15) is 0 Å². The molecule has 3 heterocycles. The van der Waals surface area contributed by atoms with Gasteiger partial charge in [-0.05, 0) is 38.1 Å². The molecular weight excluding hydrogens is 336 g/mol. The van der Waals surface area contributed by atoms with Crippen molar-refractivity contribution in [2.75, 3.05) is 19.3 Å². The van der Waals surface area contributed by atoms with Gasteiger partial charge in [0, 0.05) is 24.4 Å². The van der Waals surface area contributed by atoms with Crippen LogP contribution in [-0.4, -0.2) is 44.6 Å². The van der Waals surface area contributed by atoms with Crippen LogP contribution < -0.4 is 10.9 Å². The number of hydrogen-bond acceptors (Lipinski definition) is 6. The van der Waals surface area contributed by atoms with E-state index in [-0.39, 0.29) is 11.0 Å². The molecule has 0 amide bonds. The zero-order valence-corrected chi connectivity index (χ0v) is 15.3. The smallest absolute Gasteiger partial charge is 0.261 e. The van der Waals surface area contributed by atoms with Crippen molar-refractivity contribution in [2.45, 2.75) is 49.4 Å². The van der Waals surface area contributed by atoms with Gasteiger partial charge in [-0.15, -0.1) is 0 Å². The molecule has 0 unspecified atom stereocenters. The highest BCUT2D eigenvalue weighted by Gasteiger charge is 2.53. The van der Waals surface area contributed by atoms with Gasteiger partial charge < -0.3 is 15.0 Å². The molecule has 25 heavy (non-hydrogen) atoms. The first-order chi connectivity index (χ1) is 12.1. The van der Waals surface area contributed by atoms with E-state index in [1.165, 1.54) is 11.8 Å². The molecule has 0 radical (unpaired) electrons. The van der Waals surface area contributed by atoms with Crippen LogP contribution in [0.3, 0.4) is 0 Å². The average molecular weight is 360 g/mol. The lowest BCUT2D eigenvalue weighted by atomic mass is 9.66. The Bertz CT molecular complexity index is 847. The normalized spacial score (nSPS) is 25.7. The second-order valence-electron chi connectivity index (χ2n) is 7.35. The number of hydrogen-bond donors (Lipinski definition) is 2. The van der Waals surface area contributed by atoms with E-state index in [9.17, 15) is 9.90 Å². The van der Waals surface area contributed by atoms with Gasteiger partial charge in [-0.3, -0.25) is 4.79 Å². The summed E-state index contributed by atoms with van der Waals surface area (Å²) < 4.78 is 1.65. The summed E-state index contributed by atoms with van der Waals surface area (Å²) in [6, 6.07) is 1.85. The predicted octanol–water partition coefficient (Wildman–Crippen LogP) is 1.80. The van der Waals surface area contributed by atoms with Gasteiger partial charge in [-0.25, -0.2) is 9.97 Å². The molecular formula is C18H24N4O2S. The highest BCUT2D eigenvalue weighted by molar-refractivity contribution is 7.98. The number of piperidine rings is 1. The molecule has 134 valence electrons. The summed E-state index contributed by atoms with van der Waals surface area (Å²) in [5, 5.41) is 16.1. The fourth-order valence-electron chi connectivity index (χ4n) is 4.55. The number of pyridine rings is 1. The van der Waals surface area contributed by atoms with E-state index in [1.54, 1.807) is 17.0 Å². The number of nitrogens with one attached hydrogen (secondary N) is 1. The SMILES string of the molecule is CSc1ncc2c(=O)n(C[C@]3(O)CCNCC34CCCC4)ccc2n1. The minimum atomic E-state index is -0.841. The summed E-state index contributed by atoms with van der Waals surface area (Å²) in [5.74, 6) is 0. The van der Waals surface area contributed by atoms with Gasteiger partial charge in [0.2, 0.25) is 0 Å². The summed E-state index contributed by atoms with van der Waals surface area (Å²) in [6.45, 7) is 1.97. The molecule has 2 aromatic heterocycles. The maximum Gasteiger partial charge on any atom is 0.261 e. The molecule has 7 heteroatoms. The Morgan fingerprint density at radius 3 is 2.92 bits per heavy atom. The standard InChI is InChI=1S/C18H24N4O2S/c1-25-16-20-10-13-14(21-16)4-9-22(15(13)23)12-18(24)7-8-19-11-17(18)5-2-3-6-17/h4,9-10,19,24H,2-3,5-8,11-12H2,1H3/t18-/m1/s1. The summed E-state index contributed by atoms with van der Waals surface area (Å²) in [6.07, 6.45) is 10.3. The zero-order chi connectivity index (χ0) is 17.5. The molecule has 6 nitrogen and oxygen atoms in total. The first-order valence-electron chi connectivity index (χ1n) is 8.90. The Labute approximate surface area is 151 Å². The van der Waals surface area contributed by atoms with E-state index < -0.39 is 5.60 Å². The molecule has 2 aromatic rings. The van der Waals surface area contributed by atoms with Crippen LogP contribution in [0.4, 0.5) is 0 Å². The molecule has 1 spiro atoms. The minimum absolute atomic E-state index is 0.112. The van der Waals surface area contributed by atoms with Crippen LogP contribution in [0.5, 0.6) is 0 Å². The van der Waals surface area contributed by atoms with Crippen LogP contribution in [0.15, 0.2) is 28.4 Å². The Hall–Kier alpha value is -1.44. The molecule has 2 aliphatic rings. The van der Waals surface area contributed by atoms with Crippen LogP contribution in [-0.2, 0) is 6.54 Å². The van der Waals surface area contributed by atoms with Crippen molar-refractivity contribution < 1.29 is 5.11 Å². The zero-order valence-electron chi connectivity index (χ0n) is 14.5. The number of fused-ring (bicyclic) bond motifs is 1. The second-order valence-corrected chi connectivity index (χ2v) is 8.12. The topological polar surface area (TPSA) is 80.0 Å². The first-order valence-corrected chi connectivity index (χ1v) is 10.1. The third kappa shape index (κ3) is 2.78. The van der Waals surface area contributed by atoms with Crippen molar-refractivity contribution in [1.82, 2.24) is 19.9 Å². The molecule has 1 aliphatic carbocycles. The maximum absolute atomic E-state index is 12.9. The van der Waals surface area contributed by atoms with Crippen LogP contribution in [0, 0.1) is 5.41 Å². The Balaban J connectivity index is 1.72. The Morgan fingerprint density at radius 1 is 1.36 bits per heavy atom. The van der Waals surface area contributed by atoms with Crippen molar-refractivity contribution in [3.05, 3.63) is 28.8 Å². The van der Waals surface area contributed by atoms with Crippen LogP contribution in [0.1, 0.15) is 32.1 Å². The van der Waals surface area contributed by atoms with E-state index >= 15 is 0 Å².